The van der Waals surface area contributed by atoms with Crippen molar-refractivity contribution in [3.63, 3.8) is 0 Å². The van der Waals surface area contributed by atoms with Crippen LogP contribution in [0.1, 0.15) is 42.4 Å². The van der Waals surface area contributed by atoms with Gasteiger partial charge in [0.15, 0.2) is 0 Å². The summed E-state index contributed by atoms with van der Waals surface area (Å²) in [5.41, 5.74) is 1.96. The van der Waals surface area contributed by atoms with E-state index >= 15 is 0 Å². The summed E-state index contributed by atoms with van der Waals surface area (Å²) in [4.78, 5) is 0. The largest absolute Gasteiger partial charge is 0.376 e. The van der Waals surface area contributed by atoms with Gasteiger partial charge in [0.05, 0.1) is 5.54 Å². The highest BCUT2D eigenvalue weighted by Gasteiger charge is 2.44. The molecule has 4 rings (SSSR count). The van der Waals surface area contributed by atoms with Crippen molar-refractivity contribution < 1.29 is 5.11 Å². The topological polar surface area (TPSA) is 32.3 Å². The Morgan fingerprint density at radius 2 is 0.962 bits per heavy atom. The van der Waals surface area contributed by atoms with Crippen molar-refractivity contribution in [3.8, 4) is 0 Å². The Morgan fingerprint density at radius 3 is 1.31 bits per heavy atom. The van der Waals surface area contributed by atoms with Crippen LogP contribution in [0, 0.1) is 0 Å². The van der Waals surface area contributed by atoms with Crippen LogP contribution in [0.25, 0.3) is 0 Å². The Labute approximate surface area is 155 Å². The summed E-state index contributed by atoms with van der Waals surface area (Å²) in [6.45, 7) is 0. The molecule has 0 saturated heterocycles. The van der Waals surface area contributed by atoms with Crippen LogP contribution in [-0.4, -0.2) is 10.8 Å². The fraction of sp³-hybridized carbons (Fsp3) is 0.250. The minimum Gasteiger partial charge on any atom is -0.376 e. The standard InChI is InChI=1S/C24H25NO/c26-23(18-10-11-19-23)25-24(20-12-4-1-5-13-20,21-14-6-2-7-15-21)22-16-8-3-9-17-22/h1-9,12-17,25-26H,10-11,18-19H2. The number of hydrogen-bond donors (Lipinski definition) is 2. The van der Waals surface area contributed by atoms with Gasteiger partial charge in [-0.25, -0.2) is 0 Å². The molecule has 1 saturated carbocycles. The van der Waals surface area contributed by atoms with Gasteiger partial charge in [-0.05, 0) is 42.4 Å². The monoisotopic (exact) mass is 343 g/mol. The third-order valence-electron chi connectivity index (χ3n) is 5.47. The van der Waals surface area contributed by atoms with Gasteiger partial charge in [0.2, 0.25) is 0 Å². The first kappa shape index (κ1) is 17.0. The summed E-state index contributed by atoms with van der Waals surface area (Å²) in [6, 6.07) is 31.4. The lowest BCUT2D eigenvalue weighted by atomic mass is 9.76. The molecule has 1 fully saturated rings. The van der Waals surface area contributed by atoms with E-state index in [4.69, 9.17) is 0 Å². The first-order valence-corrected chi connectivity index (χ1v) is 9.41. The minimum atomic E-state index is -0.860. The van der Waals surface area contributed by atoms with Crippen LogP contribution in [-0.2, 0) is 5.54 Å². The molecular formula is C24H25NO. The number of nitrogens with one attached hydrogen (secondary N) is 1. The second-order valence-corrected chi connectivity index (χ2v) is 7.21. The normalized spacial score (nSPS) is 16.5. The number of hydrogen-bond acceptors (Lipinski definition) is 2. The van der Waals surface area contributed by atoms with E-state index in [9.17, 15) is 5.11 Å². The van der Waals surface area contributed by atoms with Gasteiger partial charge in [0.25, 0.3) is 0 Å². The van der Waals surface area contributed by atoms with Crippen LogP contribution < -0.4 is 5.32 Å². The summed E-state index contributed by atoms with van der Waals surface area (Å²) in [6.07, 6.45) is 3.67. The molecule has 3 aromatic rings. The van der Waals surface area contributed by atoms with Crippen molar-refractivity contribution >= 4 is 0 Å². The van der Waals surface area contributed by atoms with E-state index in [1.54, 1.807) is 0 Å². The van der Waals surface area contributed by atoms with Crippen LogP contribution >= 0.6 is 0 Å². The molecule has 2 heteroatoms. The Kier molecular flexibility index (Phi) is 4.62. The first-order chi connectivity index (χ1) is 12.7. The molecule has 0 unspecified atom stereocenters. The first-order valence-electron chi connectivity index (χ1n) is 9.41. The van der Waals surface area contributed by atoms with Crippen LogP contribution in [0.15, 0.2) is 91.0 Å². The van der Waals surface area contributed by atoms with Crippen LogP contribution in [0.5, 0.6) is 0 Å². The van der Waals surface area contributed by atoms with Gasteiger partial charge in [0.1, 0.15) is 5.72 Å². The fourth-order valence-electron chi connectivity index (χ4n) is 4.21. The van der Waals surface area contributed by atoms with Crippen molar-refractivity contribution in [1.29, 1.82) is 0 Å². The Hall–Kier alpha value is -2.42. The van der Waals surface area contributed by atoms with Crippen LogP contribution in [0.2, 0.25) is 0 Å². The summed E-state index contributed by atoms with van der Waals surface area (Å²) in [5.74, 6) is 0. The average molecular weight is 343 g/mol. The van der Waals surface area contributed by atoms with Gasteiger partial charge in [-0.2, -0.15) is 0 Å². The highest BCUT2D eigenvalue weighted by molar-refractivity contribution is 5.49. The molecule has 2 nitrogen and oxygen atoms in total. The van der Waals surface area contributed by atoms with Gasteiger partial charge in [-0.1, -0.05) is 91.0 Å². The predicted molar refractivity (Wildman–Crippen MR) is 106 cm³/mol. The number of benzene rings is 3. The van der Waals surface area contributed by atoms with E-state index in [0.29, 0.717) is 0 Å². The quantitative estimate of drug-likeness (QED) is 0.514. The van der Waals surface area contributed by atoms with Gasteiger partial charge < -0.3 is 5.11 Å². The molecule has 26 heavy (non-hydrogen) atoms. The van der Waals surface area contributed by atoms with E-state index in [1.807, 2.05) is 18.2 Å². The third-order valence-corrected chi connectivity index (χ3v) is 5.47. The van der Waals surface area contributed by atoms with Crippen LogP contribution in [0.4, 0.5) is 0 Å². The molecule has 0 atom stereocenters. The molecule has 1 aliphatic carbocycles. The lowest BCUT2D eigenvalue weighted by Crippen LogP contribution is -2.56. The highest BCUT2D eigenvalue weighted by atomic mass is 16.3. The molecule has 0 heterocycles. The average Bonchev–Trinajstić information content (AvgIpc) is 3.14. The van der Waals surface area contributed by atoms with Crippen molar-refractivity contribution in [1.82, 2.24) is 5.32 Å². The maximum Gasteiger partial charge on any atom is 0.117 e. The zero-order chi connectivity index (χ0) is 17.9. The summed E-state index contributed by atoms with van der Waals surface area (Å²) in [5, 5.41) is 15.0. The molecule has 1 aliphatic rings. The number of rotatable bonds is 5. The molecule has 3 aromatic carbocycles. The lowest BCUT2D eigenvalue weighted by Gasteiger charge is -2.42. The Balaban J connectivity index is 1.97. The van der Waals surface area contributed by atoms with Gasteiger partial charge in [0, 0.05) is 0 Å². The van der Waals surface area contributed by atoms with Crippen molar-refractivity contribution in [3.05, 3.63) is 108 Å². The molecule has 132 valence electrons. The van der Waals surface area contributed by atoms with Crippen molar-refractivity contribution in [2.45, 2.75) is 36.9 Å². The smallest absolute Gasteiger partial charge is 0.117 e. The summed E-state index contributed by atoms with van der Waals surface area (Å²) < 4.78 is 0. The minimum absolute atomic E-state index is 0.594. The lowest BCUT2D eigenvalue weighted by molar-refractivity contribution is -0.00725. The second kappa shape index (κ2) is 7.06. The molecule has 0 bridgehead atoms. The van der Waals surface area contributed by atoms with Crippen LogP contribution in [0.3, 0.4) is 0 Å². The summed E-state index contributed by atoms with van der Waals surface area (Å²) in [7, 11) is 0. The molecule has 2 N–H and O–H groups in total. The second-order valence-electron chi connectivity index (χ2n) is 7.21. The SMILES string of the molecule is OC1(NC(c2ccccc2)(c2ccccc2)c2ccccc2)CCCC1. The number of aliphatic hydroxyl groups is 1. The maximum atomic E-state index is 11.3. The van der Waals surface area contributed by atoms with E-state index in [1.165, 1.54) is 0 Å². The maximum absolute atomic E-state index is 11.3. The van der Waals surface area contributed by atoms with E-state index in [0.717, 1.165) is 42.4 Å². The highest BCUT2D eigenvalue weighted by Crippen LogP contribution is 2.41. The van der Waals surface area contributed by atoms with E-state index in [-0.39, 0.29) is 0 Å². The fourth-order valence-corrected chi connectivity index (χ4v) is 4.21. The zero-order valence-corrected chi connectivity index (χ0v) is 14.9. The van der Waals surface area contributed by atoms with Gasteiger partial charge in [-0.15, -0.1) is 0 Å². The molecule has 0 spiro atoms. The van der Waals surface area contributed by atoms with Gasteiger partial charge >= 0.3 is 0 Å². The summed E-state index contributed by atoms with van der Waals surface area (Å²) >= 11 is 0. The molecule has 0 aliphatic heterocycles. The van der Waals surface area contributed by atoms with Crippen molar-refractivity contribution in [2.24, 2.45) is 0 Å². The third kappa shape index (κ3) is 3.07. The van der Waals surface area contributed by atoms with Gasteiger partial charge in [-0.3, -0.25) is 5.32 Å². The molecular weight excluding hydrogens is 318 g/mol. The zero-order valence-electron chi connectivity index (χ0n) is 14.9. The molecule has 0 radical (unpaired) electrons. The Bertz CT molecular complexity index is 727. The molecule has 0 amide bonds. The van der Waals surface area contributed by atoms with E-state index in [2.05, 4.69) is 78.1 Å². The Morgan fingerprint density at radius 1 is 0.615 bits per heavy atom. The molecule has 0 aromatic heterocycles. The van der Waals surface area contributed by atoms with E-state index < -0.39 is 11.3 Å². The predicted octanol–water partition coefficient (Wildman–Crippen LogP) is 4.83. The van der Waals surface area contributed by atoms with Crippen molar-refractivity contribution in [2.75, 3.05) is 0 Å².